The molecule has 2 aromatic carbocycles. The van der Waals surface area contributed by atoms with E-state index in [0.29, 0.717) is 40.9 Å². The highest BCUT2D eigenvalue weighted by Gasteiger charge is 2.26. The molecule has 1 fully saturated rings. The number of carbonyl (C=O) groups is 1. The number of halogens is 1. The first-order chi connectivity index (χ1) is 14.3. The molecular formula is C21H25ClN2O5S. The second kappa shape index (κ2) is 9.68. The van der Waals surface area contributed by atoms with E-state index in [4.69, 9.17) is 21.1 Å². The smallest absolute Gasteiger partial charge is 0.262 e. The Bertz CT molecular complexity index is 1020. The summed E-state index contributed by atoms with van der Waals surface area (Å²) < 4.78 is 37.8. The molecule has 7 nitrogen and oxygen atoms in total. The molecule has 2 aromatic rings. The minimum absolute atomic E-state index is 0.220. The van der Waals surface area contributed by atoms with Crippen LogP contribution in [0.3, 0.4) is 0 Å². The van der Waals surface area contributed by atoms with E-state index in [-0.39, 0.29) is 17.4 Å². The van der Waals surface area contributed by atoms with Crippen molar-refractivity contribution < 1.29 is 22.7 Å². The van der Waals surface area contributed by atoms with Crippen molar-refractivity contribution in [2.24, 2.45) is 0 Å². The van der Waals surface area contributed by atoms with Crippen molar-refractivity contribution in [2.75, 3.05) is 32.1 Å². The Morgan fingerprint density at radius 1 is 1.10 bits per heavy atom. The van der Waals surface area contributed by atoms with Crippen molar-refractivity contribution in [1.29, 1.82) is 0 Å². The van der Waals surface area contributed by atoms with Crippen LogP contribution in [0.4, 0.5) is 5.69 Å². The third-order valence-electron chi connectivity index (χ3n) is 4.89. The summed E-state index contributed by atoms with van der Waals surface area (Å²) >= 11 is 6.05. The van der Waals surface area contributed by atoms with Crippen LogP contribution in [-0.2, 0) is 14.8 Å². The Morgan fingerprint density at radius 3 is 2.43 bits per heavy atom. The lowest BCUT2D eigenvalue weighted by molar-refractivity contribution is -0.118. The predicted molar refractivity (Wildman–Crippen MR) is 116 cm³/mol. The van der Waals surface area contributed by atoms with Gasteiger partial charge < -0.3 is 14.8 Å². The van der Waals surface area contributed by atoms with Gasteiger partial charge in [0, 0.05) is 18.8 Å². The van der Waals surface area contributed by atoms with E-state index >= 15 is 0 Å². The van der Waals surface area contributed by atoms with E-state index in [9.17, 15) is 13.2 Å². The molecule has 162 valence electrons. The fourth-order valence-electron chi connectivity index (χ4n) is 3.28. The zero-order valence-corrected chi connectivity index (χ0v) is 18.6. The molecule has 1 amide bonds. The van der Waals surface area contributed by atoms with Gasteiger partial charge in [-0.25, -0.2) is 8.42 Å². The van der Waals surface area contributed by atoms with Crippen molar-refractivity contribution in [2.45, 2.75) is 31.1 Å². The first-order valence-electron chi connectivity index (χ1n) is 9.68. The Hall–Kier alpha value is -2.29. The van der Waals surface area contributed by atoms with Gasteiger partial charge in [-0.15, -0.1) is 0 Å². The predicted octanol–water partition coefficient (Wildman–Crippen LogP) is 3.85. The second-order valence-electron chi connectivity index (χ2n) is 7.08. The SMILES string of the molecule is COc1ccc(NC(=O)COc2ccc(S(=O)(=O)N3CCCCC3)cc2C)cc1Cl. The highest BCUT2D eigenvalue weighted by Crippen LogP contribution is 2.28. The van der Waals surface area contributed by atoms with Crippen LogP contribution in [0.1, 0.15) is 24.8 Å². The molecular weight excluding hydrogens is 428 g/mol. The van der Waals surface area contributed by atoms with E-state index in [0.717, 1.165) is 19.3 Å². The number of sulfonamides is 1. The van der Waals surface area contributed by atoms with Gasteiger partial charge in [-0.3, -0.25) is 4.79 Å². The summed E-state index contributed by atoms with van der Waals surface area (Å²) in [7, 11) is -1.99. The number of rotatable bonds is 7. The van der Waals surface area contributed by atoms with Crippen LogP contribution in [0.5, 0.6) is 11.5 Å². The van der Waals surface area contributed by atoms with Gasteiger partial charge in [-0.1, -0.05) is 18.0 Å². The lowest BCUT2D eigenvalue weighted by Crippen LogP contribution is -2.35. The van der Waals surface area contributed by atoms with Gasteiger partial charge >= 0.3 is 0 Å². The fourth-order valence-corrected chi connectivity index (χ4v) is 5.14. The highest BCUT2D eigenvalue weighted by atomic mass is 35.5. The third kappa shape index (κ3) is 5.24. The van der Waals surface area contributed by atoms with Gasteiger partial charge in [0.15, 0.2) is 6.61 Å². The van der Waals surface area contributed by atoms with E-state index in [1.807, 2.05) is 0 Å². The quantitative estimate of drug-likeness (QED) is 0.689. The van der Waals surface area contributed by atoms with Gasteiger partial charge in [0.1, 0.15) is 11.5 Å². The first kappa shape index (κ1) is 22.4. The molecule has 1 aliphatic rings. The molecule has 0 bridgehead atoms. The number of piperidine rings is 1. The molecule has 0 aliphatic carbocycles. The molecule has 9 heteroatoms. The number of amides is 1. The number of aryl methyl sites for hydroxylation is 1. The van der Waals surface area contributed by atoms with Gasteiger partial charge in [0.25, 0.3) is 5.91 Å². The fraction of sp³-hybridized carbons (Fsp3) is 0.381. The molecule has 1 saturated heterocycles. The van der Waals surface area contributed by atoms with Crippen molar-refractivity contribution in [3.8, 4) is 11.5 Å². The molecule has 1 N–H and O–H groups in total. The number of ether oxygens (including phenoxy) is 2. The molecule has 0 unspecified atom stereocenters. The summed E-state index contributed by atoms with van der Waals surface area (Å²) in [4.78, 5) is 12.4. The molecule has 1 aliphatic heterocycles. The minimum atomic E-state index is -3.51. The van der Waals surface area contributed by atoms with Crippen LogP contribution < -0.4 is 14.8 Å². The first-order valence-corrected chi connectivity index (χ1v) is 11.5. The van der Waals surface area contributed by atoms with Gasteiger partial charge in [0.05, 0.1) is 17.0 Å². The summed E-state index contributed by atoms with van der Waals surface area (Å²) in [6.07, 6.45) is 2.82. The summed E-state index contributed by atoms with van der Waals surface area (Å²) in [6, 6.07) is 9.61. The summed E-state index contributed by atoms with van der Waals surface area (Å²) in [6.45, 7) is 2.64. The number of hydrogen-bond acceptors (Lipinski definition) is 5. The van der Waals surface area contributed by atoms with E-state index < -0.39 is 10.0 Å². The van der Waals surface area contributed by atoms with Crippen molar-refractivity contribution in [3.63, 3.8) is 0 Å². The van der Waals surface area contributed by atoms with E-state index in [1.165, 1.54) is 17.5 Å². The molecule has 0 atom stereocenters. The number of benzene rings is 2. The average molecular weight is 453 g/mol. The Morgan fingerprint density at radius 2 is 1.80 bits per heavy atom. The third-order valence-corrected chi connectivity index (χ3v) is 7.08. The van der Waals surface area contributed by atoms with Gasteiger partial charge in [0.2, 0.25) is 10.0 Å². The number of methoxy groups -OCH3 is 1. The molecule has 0 saturated carbocycles. The maximum Gasteiger partial charge on any atom is 0.262 e. The van der Waals surface area contributed by atoms with Crippen molar-refractivity contribution in [3.05, 3.63) is 47.0 Å². The van der Waals surface area contributed by atoms with Crippen LogP contribution in [0.2, 0.25) is 5.02 Å². The number of nitrogens with zero attached hydrogens (tertiary/aromatic N) is 1. The summed E-state index contributed by atoms with van der Waals surface area (Å²) in [5, 5.41) is 3.08. The normalized spacial score (nSPS) is 14.9. The van der Waals surface area contributed by atoms with Crippen molar-refractivity contribution in [1.82, 2.24) is 4.31 Å². The molecule has 30 heavy (non-hydrogen) atoms. The summed E-state index contributed by atoms with van der Waals surface area (Å²) in [5.41, 5.74) is 1.17. The van der Waals surface area contributed by atoms with Crippen LogP contribution in [0, 0.1) is 6.92 Å². The second-order valence-corrected chi connectivity index (χ2v) is 9.42. The lowest BCUT2D eigenvalue weighted by atomic mass is 10.2. The van der Waals surface area contributed by atoms with E-state index in [1.54, 1.807) is 37.3 Å². The zero-order chi connectivity index (χ0) is 21.7. The molecule has 0 aromatic heterocycles. The number of anilines is 1. The van der Waals surface area contributed by atoms with E-state index in [2.05, 4.69) is 5.32 Å². The number of hydrogen-bond donors (Lipinski definition) is 1. The largest absolute Gasteiger partial charge is 0.495 e. The molecule has 0 spiro atoms. The monoisotopic (exact) mass is 452 g/mol. The Balaban J connectivity index is 1.62. The lowest BCUT2D eigenvalue weighted by Gasteiger charge is -2.26. The van der Waals surface area contributed by atoms with Crippen LogP contribution >= 0.6 is 11.6 Å². The standard InChI is InChI=1S/C21H25ClN2O5S/c1-15-12-17(30(26,27)24-10-4-3-5-11-24)7-9-19(15)29-14-21(25)23-16-6-8-20(28-2)18(22)13-16/h6-9,12-13H,3-5,10-11,14H2,1-2H3,(H,23,25). The molecule has 1 heterocycles. The maximum atomic E-state index is 12.8. The molecule has 3 rings (SSSR count). The molecule has 0 radical (unpaired) electrons. The van der Waals surface area contributed by atoms with Crippen LogP contribution in [0.15, 0.2) is 41.3 Å². The minimum Gasteiger partial charge on any atom is -0.495 e. The Labute approximate surface area is 182 Å². The zero-order valence-electron chi connectivity index (χ0n) is 17.0. The number of carbonyl (C=O) groups excluding carboxylic acids is 1. The number of nitrogens with one attached hydrogen (secondary N) is 1. The Kier molecular flexibility index (Phi) is 7.23. The maximum absolute atomic E-state index is 12.8. The van der Waals surface area contributed by atoms with Crippen LogP contribution in [0.25, 0.3) is 0 Å². The topological polar surface area (TPSA) is 84.9 Å². The van der Waals surface area contributed by atoms with Gasteiger partial charge in [-0.05, 0) is 61.7 Å². The van der Waals surface area contributed by atoms with Crippen molar-refractivity contribution >= 4 is 33.2 Å². The highest BCUT2D eigenvalue weighted by molar-refractivity contribution is 7.89. The van der Waals surface area contributed by atoms with Crippen LogP contribution in [-0.4, -0.2) is 45.4 Å². The summed E-state index contributed by atoms with van der Waals surface area (Å²) in [5.74, 6) is 0.609. The average Bonchev–Trinajstić information content (AvgIpc) is 2.73. The van der Waals surface area contributed by atoms with Gasteiger partial charge in [-0.2, -0.15) is 4.31 Å².